The van der Waals surface area contributed by atoms with Gasteiger partial charge in [0.05, 0.1) is 0 Å². The summed E-state index contributed by atoms with van der Waals surface area (Å²) in [6, 6.07) is 0.0963. The van der Waals surface area contributed by atoms with Crippen molar-refractivity contribution in [3.8, 4) is 0 Å². The number of unbranched alkanes of at least 4 members (excludes halogenated alkanes) is 2. The Balaban J connectivity index is 4.15. The maximum atomic E-state index is 11.0. The number of hydrogen-bond acceptors (Lipinski definition) is 2. The normalized spacial score (nSPS) is 12.9. The lowest BCUT2D eigenvalue weighted by molar-refractivity contribution is -0.115. The van der Waals surface area contributed by atoms with Gasteiger partial charge in [-0.3, -0.25) is 4.79 Å². The molecule has 0 bridgehead atoms. The fourth-order valence-electron chi connectivity index (χ4n) is 1.50. The summed E-state index contributed by atoms with van der Waals surface area (Å²) in [4.78, 5) is 13.0. The van der Waals surface area contributed by atoms with Crippen LogP contribution >= 0.6 is 0 Å². The van der Waals surface area contributed by atoms with Crippen molar-refractivity contribution in [1.29, 1.82) is 0 Å². The summed E-state index contributed by atoms with van der Waals surface area (Å²) in [5.41, 5.74) is 5.73. The van der Waals surface area contributed by atoms with Gasteiger partial charge in [-0.1, -0.05) is 32.8 Å². The molecule has 0 saturated carbocycles. The summed E-state index contributed by atoms with van der Waals surface area (Å²) < 4.78 is 0. The fraction of sp³-hybridized carbons (Fsp3) is 0.727. The number of nitrogens with two attached hydrogens (primary N) is 1. The van der Waals surface area contributed by atoms with Crippen LogP contribution < -0.4 is 5.73 Å². The maximum Gasteiger partial charge on any atom is 0.245 e. The molecule has 0 aromatic rings. The van der Waals surface area contributed by atoms with Crippen LogP contribution in [0.2, 0.25) is 0 Å². The molecule has 0 rings (SSSR count). The highest BCUT2D eigenvalue weighted by molar-refractivity contribution is 5.92. The average Bonchev–Trinajstić information content (AvgIpc) is 2.10. The number of carbonyl (C=O) groups excluding carboxylic acids is 1. The van der Waals surface area contributed by atoms with Crippen molar-refractivity contribution in [1.82, 2.24) is 4.90 Å². The molecule has 0 heterocycles. The Bertz CT molecular complexity index is 199. The zero-order valence-electron chi connectivity index (χ0n) is 9.55. The smallest absolute Gasteiger partial charge is 0.245 e. The summed E-state index contributed by atoms with van der Waals surface area (Å²) in [6.45, 7) is 5.90. The minimum absolute atomic E-state index is 0.0963. The minimum atomic E-state index is -0.389. The molecule has 1 atom stereocenters. The molecule has 0 aromatic carbocycles. The second-order valence-electron chi connectivity index (χ2n) is 3.86. The van der Waals surface area contributed by atoms with Gasteiger partial charge in [0.1, 0.15) is 0 Å². The van der Waals surface area contributed by atoms with E-state index in [4.69, 9.17) is 5.73 Å². The van der Waals surface area contributed by atoms with Crippen LogP contribution in [0.1, 0.15) is 32.6 Å². The lowest BCUT2D eigenvalue weighted by Crippen LogP contribution is -2.34. The van der Waals surface area contributed by atoms with Crippen LogP contribution in [0.5, 0.6) is 0 Å². The van der Waals surface area contributed by atoms with Crippen LogP contribution in [0.15, 0.2) is 12.2 Å². The van der Waals surface area contributed by atoms with E-state index < -0.39 is 0 Å². The molecule has 0 aliphatic rings. The highest BCUT2D eigenvalue weighted by Crippen LogP contribution is 2.14. The molecular weight excluding hydrogens is 176 g/mol. The molecule has 0 aliphatic carbocycles. The van der Waals surface area contributed by atoms with Gasteiger partial charge in [-0.2, -0.15) is 0 Å². The molecule has 3 heteroatoms. The second-order valence-corrected chi connectivity index (χ2v) is 3.86. The van der Waals surface area contributed by atoms with E-state index in [1.165, 1.54) is 12.8 Å². The van der Waals surface area contributed by atoms with Gasteiger partial charge >= 0.3 is 0 Å². The quantitative estimate of drug-likeness (QED) is 0.498. The molecule has 0 radical (unpaired) electrons. The molecule has 0 fully saturated rings. The van der Waals surface area contributed by atoms with Crippen LogP contribution in [0.25, 0.3) is 0 Å². The first-order valence-corrected chi connectivity index (χ1v) is 5.15. The molecule has 0 aliphatic heterocycles. The summed E-state index contributed by atoms with van der Waals surface area (Å²) in [5.74, 6) is -0.389. The van der Waals surface area contributed by atoms with E-state index in [9.17, 15) is 4.79 Å². The molecule has 14 heavy (non-hydrogen) atoms. The number of amides is 1. The first-order valence-electron chi connectivity index (χ1n) is 5.15. The Morgan fingerprint density at radius 3 is 2.36 bits per heavy atom. The number of likely N-dealkylation sites (N-methyl/N-ethyl adjacent to an activating group) is 1. The monoisotopic (exact) mass is 198 g/mol. The number of hydrogen-bond donors (Lipinski definition) is 1. The molecule has 1 unspecified atom stereocenters. The average molecular weight is 198 g/mol. The highest BCUT2D eigenvalue weighted by atomic mass is 16.1. The number of rotatable bonds is 7. The predicted octanol–water partition coefficient (Wildman–Crippen LogP) is 1.54. The summed E-state index contributed by atoms with van der Waals surface area (Å²) in [6.07, 6.45) is 4.45. The standard InChI is InChI=1S/C11H22N2O/c1-5-6-7-8-10(13(3)4)9(2)11(12)14/h10H,2,5-8H2,1,3-4H3,(H2,12,14). The minimum Gasteiger partial charge on any atom is -0.366 e. The molecule has 82 valence electrons. The Kier molecular flexibility index (Phi) is 6.21. The van der Waals surface area contributed by atoms with Gasteiger partial charge in [-0.25, -0.2) is 0 Å². The highest BCUT2D eigenvalue weighted by Gasteiger charge is 2.18. The molecule has 3 nitrogen and oxygen atoms in total. The third kappa shape index (κ3) is 4.42. The van der Waals surface area contributed by atoms with Gasteiger partial charge in [-0.05, 0) is 20.5 Å². The van der Waals surface area contributed by atoms with Crippen molar-refractivity contribution in [2.24, 2.45) is 5.73 Å². The molecule has 2 N–H and O–H groups in total. The van der Waals surface area contributed by atoms with Crippen LogP contribution in [0, 0.1) is 0 Å². The van der Waals surface area contributed by atoms with E-state index in [0.717, 1.165) is 12.8 Å². The van der Waals surface area contributed by atoms with E-state index in [2.05, 4.69) is 13.5 Å². The van der Waals surface area contributed by atoms with Gasteiger partial charge in [0.15, 0.2) is 0 Å². The maximum absolute atomic E-state index is 11.0. The molecule has 0 saturated heterocycles. The van der Waals surface area contributed by atoms with Crippen molar-refractivity contribution < 1.29 is 4.79 Å². The summed E-state index contributed by atoms with van der Waals surface area (Å²) >= 11 is 0. The number of nitrogens with zero attached hydrogens (tertiary/aromatic N) is 1. The Morgan fingerprint density at radius 2 is 2.00 bits per heavy atom. The van der Waals surface area contributed by atoms with Crippen molar-refractivity contribution in [2.75, 3.05) is 14.1 Å². The largest absolute Gasteiger partial charge is 0.366 e. The van der Waals surface area contributed by atoms with Gasteiger partial charge < -0.3 is 10.6 Å². The van der Waals surface area contributed by atoms with Crippen LogP contribution in [0.3, 0.4) is 0 Å². The van der Waals surface area contributed by atoms with Crippen LogP contribution in [-0.2, 0) is 4.79 Å². The lowest BCUT2D eigenvalue weighted by atomic mass is 10.0. The Labute approximate surface area is 87.0 Å². The van der Waals surface area contributed by atoms with E-state index in [-0.39, 0.29) is 11.9 Å². The molecule has 1 amide bonds. The summed E-state index contributed by atoms with van der Waals surface area (Å²) in [7, 11) is 3.90. The zero-order chi connectivity index (χ0) is 11.1. The van der Waals surface area contributed by atoms with E-state index in [1.807, 2.05) is 19.0 Å². The lowest BCUT2D eigenvalue weighted by Gasteiger charge is -2.24. The Morgan fingerprint density at radius 1 is 1.43 bits per heavy atom. The van der Waals surface area contributed by atoms with Crippen molar-refractivity contribution in [3.63, 3.8) is 0 Å². The number of primary amides is 1. The van der Waals surface area contributed by atoms with E-state index >= 15 is 0 Å². The van der Waals surface area contributed by atoms with Gasteiger partial charge in [0.2, 0.25) is 5.91 Å². The SMILES string of the molecule is C=C(C(N)=O)C(CCCCC)N(C)C. The third-order valence-corrected chi connectivity index (χ3v) is 2.42. The van der Waals surface area contributed by atoms with Crippen LogP contribution in [0.4, 0.5) is 0 Å². The van der Waals surface area contributed by atoms with E-state index in [1.54, 1.807) is 0 Å². The van der Waals surface area contributed by atoms with Gasteiger partial charge in [-0.15, -0.1) is 0 Å². The van der Waals surface area contributed by atoms with Crippen LogP contribution in [-0.4, -0.2) is 30.9 Å². The summed E-state index contributed by atoms with van der Waals surface area (Å²) in [5, 5.41) is 0. The second kappa shape index (κ2) is 6.60. The van der Waals surface area contributed by atoms with Crippen molar-refractivity contribution in [3.05, 3.63) is 12.2 Å². The van der Waals surface area contributed by atoms with E-state index in [0.29, 0.717) is 5.57 Å². The first-order chi connectivity index (χ1) is 6.50. The third-order valence-electron chi connectivity index (χ3n) is 2.42. The van der Waals surface area contributed by atoms with Gasteiger partial charge in [0, 0.05) is 11.6 Å². The fourth-order valence-corrected chi connectivity index (χ4v) is 1.50. The predicted molar refractivity (Wildman–Crippen MR) is 60.0 cm³/mol. The zero-order valence-corrected chi connectivity index (χ0v) is 9.55. The van der Waals surface area contributed by atoms with Crippen molar-refractivity contribution in [2.45, 2.75) is 38.6 Å². The molecule has 0 spiro atoms. The number of carbonyl (C=O) groups is 1. The first kappa shape index (κ1) is 13.2. The molecular formula is C11H22N2O. The topological polar surface area (TPSA) is 46.3 Å². The molecule has 0 aromatic heterocycles. The Hall–Kier alpha value is -0.830. The van der Waals surface area contributed by atoms with Gasteiger partial charge in [0.25, 0.3) is 0 Å². The van der Waals surface area contributed by atoms with Crippen molar-refractivity contribution >= 4 is 5.91 Å².